The van der Waals surface area contributed by atoms with E-state index in [0.717, 1.165) is 31.5 Å². The lowest BCUT2D eigenvalue weighted by molar-refractivity contribution is -0.127. The minimum Gasteiger partial charge on any atom is -0.346 e. The van der Waals surface area contributed by atoms with Crippen molar-refractivity contribution in [2.75, 3.05) is 13.1 Å². The average molecular weight is 352 g/mol. The largest absolute Gasteiger partial charge is 0.346 e. The average Bonchev–Trinajstić information content (AvgIpc) is 3.32. The molecule has 5 heteroatoms. The van der Waals surface area contributed by atoms with E-state index in [9.17, 15) is 4.79 Å². The first kappa shape index (κ1) is 17.3. The standard InChI is InChI=1S/C21H28N4O/c1-25-15-16(12-23-25)18-13-22-14-19(18)20(26)24-21(10-6-3-7-11-21)17-8-4-2-5-9-17/h2,4-5,8-9,12,15,18-19,22H,3,6-7,10-11,13-14H2,1H3,(H,24,26)/t18-,19+/m1/s1. The fourth-order valence-corrected chi connectivity index (χ4v) is 4.66. The molecule has 2 fully saturated rings. The highest BCUT2D eigenvalue weighted by Gasteiger charge is 2.40. The van der Waals surface area contributed by atoms with E-state index in [1.807, 2.05) is 30.2 Å². The molecular weight excluding hydrogens is 324 g/mol. The van der Waals surface area contributed by atoms with Gasteiger partial charge < -0.3 is 10.6 Å². The molecule has 4 rings (SSSR count). The molecule has 26 heavy (non-hydrogen) atoms. The monoisotopic (exact) mass is 352 g/mol. The van der Waals surface area contributed by atoms with Crippen LogP contribution >= 0.6 is 0 Å². The lowest BCUT2D eigenvalue weighted by atomic mass is 9.76. The molecule has 1 aliphatic heterocycles. The summed E-state index contributed by atoms with van der Waals surface area (Å²) in [6.45, 7) is 1.57. The van der Waals surface area contributed by atoms with Crippen molar-refractivity contribution in [2.45, 2.75) is 43.6 Å². The lowest BCUT2D eigenvalue weighted by Crippen LogP contribution is -2.50. The molecule has 1 aliphatic carbocycles. The maximum atomic E-state index is 13.3. The van der Waals surface area contributed by atoms with Crippen LogP contribution < -0.4 is 10.6 Å². The fraction of sp³-hybridized carbons (Fsp3) is 0.524. The Kier molecular flexibility index (Phi) is 4.81. The molecule has 1 saturated carbocycles. The van der Waals surface area contributed by atoms with Crippen LogP contribution in [0.2, 0.25) is 0 Å². The number of hydrogen-bond donors (Lipinski definition) is 2. The van der Waals surface area contributed by atoms with Gasteiger partial charge >= 0.3 is 0 Å². The normalized spacial score (nSPS) is 25.1. The molecular formula is C21H28N4O. The van der Waals surface area contributed by atoms with Gasteiger partial charge in [-0.25, -0.2) is 0 Å². The smallest absolute Gasteiger partial charge is 0.225 e. The van der Waals surface area contributed by atoms with E-state index in [-0.39, 0.29) is 23.3 Å². The number of nitrogens with one attached hydrogen (secondary N) is 2. The van der Waals surface area contributed by atoms with Crippen molar-refractivity contribution in [3.63, 3.8) is 0 Å². The first-order chi connectivity index (χ1) is 12.7. The predicted molar refractivity (Wildman–Crippen MR) is 102 cm³/mol. The highest BCUT2D eigenvalue weighted by atomic mass is 16.2. The van der Waals surface area contributed by atoms with Crippen LogP contribution in [0.25, 0.3) is 0 Å². The van der Waals surface area contributed by atoms with Gasteiger partial charge in [0.25, 0.3) is 0 Å². The summed E-state index contributed by atoms with van der Waals surface area (Å²) in [6, 6.07) is 10.5. The van der Waals surface area contributed by atoms with Crippen molar-refractivity contribution in [3.05, 3.63) is 53.9 Å². The van der Waals surface area contributed by atoms with Gasteiger partial charge in [0.05, 0.1) is 17.7 Å². The van der Waals surface area contributed by atoms with Crippen LogP contribution in [0.15, 0.2) is 42.7 Å². The van der Waals surface area contributed by atoms with Gasteiger partial charge in [-0.1, -0.05) is 49.6 Å². The predicted octanol–water partition coefficient (Wildman–Crippen LogP) is 2.70. The Morgan fingerprint density at radius 3 is 2.65 bits per heavy atom. The molecule has 2 aliphatic rings. The molecule has 0 spiro atoms. The first-order valence-electron chi connectivity index (χ1n) is 9.75. The molecule has 0 unspecified atom stereocenters. The number of rotatable bonds is 4. The molecule has 0 radical (unpaired) electrons. The number of aryl methyl sites for hydroxylation is 1. The van der Waals surface area contributed by atoms with Crippen molar-refractivity contribution in [3.8, 4) is 0 Å². The van der Waals surface area contributed by atoms with Crippen molar-refractivity contribution in [1.82, 2.24) is 20.4 Å². The number of carbonyl (C=O) groups is 1. The Morgan fingerprint density at radius 1 is 1.19 bits per heavy atom. The molecule has 2 N–H and O–H groups in total. The summed E-state index contributed by atoms with van der Waals surface area (Å²) in [5, 5.41) is 11.2. The molecule has 1 amide bonds. The number of nitrogens with zero attached hydrogens (tertiary/aromatic N) is 2. The van der Waals surface area contributed by atoms with Gasteiger partial charge in [-0.2, -0.15) is 5.10 Å². The van der Waals surface area contributed by atoms with E-state index in [2.05, 4.69) is 40.0 Å². The van der Waals surface area contributed by atoms with Crippen LogP contribution in [0.3, 0.4) is 0 Å². The lowest BCUT2D eigenvalue weighted by Gasteiger charge is -2.40. The molecule has 1 saturated heterocycles. The molecule has 5 nitrogen and oxygen atoms in total. The number of amides is 1. The van der Waals surface area contributed by atoms with Crippen molar-refractivity contribution < 1.29 is 4.79 Å². The maximum Gasteiger partial charge on any atom is 0.225 e. The second-order valence-electron chi connectivity index (χ2n) is 7.82. The summed E-state index contributed by atoms with van der Waals surface area (Å²) >= 11 is 0. The van der Waals surface area contributed by atoms with Crippen LogP contribution in [0.5, 0.6) is 0 Å². The summed E-state index contributed by atoms with van der Waals surface area (Å²) in [7, 11) is 1.92. The number of aromatic nitrogens is 2. The van der Waals surface area contributed by atoms with Gasteiger partial charge in [0.1, 0.15) is 0 Å². The summed E-state index contributed by atoms with van der Waals surface area (Å²) in [6.07, 6.45) is 9.58. The van der Waals surface area contributed by atoms with Crippen LogP contribution in [0.1, 0.15) is 49.1 Å². The highest BCUT2D eigenvalue weighted by Crippen LogP contribution is 2.38. The summed E-state index contributed by atoms with van der Waals surface area (Å²) < 4.78 is 1.81. The van der Waals surface area contributed by atoms with E-state index in [0.29, 0.717) is 0 Å². The third kappa shape index (κ3) is 3.28. The molecule has 1 aromatic carbocycles. The second-order valence-corrected chi connectivity index (χ2v) is 7.82. The zero-order chi connectivity index (χ0) is 18.0. The Hall–Kier alpha value is -2.14. The molecule has 2 aromatic rings. The SMILES string of the molecule is Cn1cc([C@H]2CNC[C@@H]2C(=O)NC2(c3ccccc3)CCCCC2)cn1. The van der Waals surface area contributed by atoms with Gasteiger partial charge in [0.15, 0.2) is 0 Å². The summed E-state index contributed by atoms with van der Waals surface area (Å²) in [5.41, 5.74) is 2.19. The van der Waals surface area contributed by atoms with Gasteiger partial charge in [-0.05, 0) is 24.0 Å². The van der Waals surface area contributed by atoms with Crippen LogP contribution in [-0.4, -0.2) is 28.8 Å². The van der Waals surface area contributed by atoms with Gasteiger partial charge in [0.2, 0.25) is 5.91 Å². The quantitative estimate of drug-likeness (QED) is 0.889. The molecule has 2 atom stereocenters. The van der Waals surface area contributed by atoms with Crippen molar-refractivity contribution >= 4 is 5.91 Å². The summed E-state index contributed by atoms with van der Waals surface area (Å²) in [4.78, 5) is 13.3. The maximum absolute atomic E-state index is 13.3. The Bertz CT molecular complexity index is 748. The Morgan fingerprint density at radius 2 is 1.96 bits per heavy atom. The Balaban J connectivity index is 1.56. The molecule has 2 heterocycles. The topological polar surface area (TPSA) is 59.0 Å². The first-order valence-corrected chi connectivity index (χ1v) is 9.75. The van der Waals surface area contributed by atoms with E-state index in [1.165, 1.54) is 24.8 Å². The highest BCUT2D eigenvalue weighted by molar-refractivity contribution is 5.81. The van der Waals surface area contributed by atoms with Crippen LogP contribution in [0, 0.1) is 5.92 Å². The van der Waals surface area contributed by atoms with Gasteiger partial charge in [0, 0.05) is 32.3 Å². The molecule has 138 valence electrons. The fourth-order valence-electron chi connectivity index (χ4n) is 4.66. The number of carbonyl (C=O) groups excluding carboxylic acids is 1. The van der Waals surface area contributed by atoms with Crippen LogP contribution in [-0.2, 0) is 17.4 Å². The van der Waals surface area contributed by atoms with Gasteiger partial charge in [-0.15, -0.1) is 0 Å². The minimum atomic E-state index is -0.210. The molecule has 0 bridgehead atoms. The third-order valence-electron chi connectivity index (χ3n) is 6.10. The van der Waals surface area contributed by atoms with Crippen molar-refractivity contribution in [1.29, 1.82) is 0 Å². The van der Waals surface area contributed by atoms with E-state index < -0.39 is 0 Å². The third-order valence-corrected chi connectivity index (χ3v) is 6.10. The summed E-state index contributed by atoms with van der Waals surface area (Å²) in [5.74, 6) is 0.330. The van der Waals surface area contributed by atoms with Crippen molar-refractivity contribution in [2.24, 2.45) is 13.0 Å². The minimum absolute atomic E-state index is 0.0401. The van der Waals surface area contributed by atoms with E-state index in [1.54, 1.807) is 0 Å². The zero-order valence-corrected chi connectivity index (χ0v) is 15.4. The zero-order valence-electron chi connectivity index (χ0n) is 15.4. The number of hydrogen-bond acceptors (Lipinski definition) is 3. The number of benzene rings is 1. The molecule has 1 aromatic heterocycles. The Labute approximate surface area is 155 Å². The van der Waals surface area contributed by atoms with Crippen LogP contribution in [0.4, 0.5) is 0 Å². The van der Waals surface area contributed by atoms with Gasteiger partial charge in [-0.3, -0.25) is 9.48 Å². The second kappa shape index (κ2) is 7.23. The van der Waals surface area contributed by atoms with E-state index >= 15 is 0 Å². The van der Waals surface area contributed by atoms with E-state index in [4.69, 9.17) is 0 Å².